The Labute approximate surface area is 138 Å². The maximum absolute atomic E-state index is 12.5. The van der Waals surface area contributed by atoms with Crippen LogP contribution in [0.4, 0.5) is 5.69 Å². The molecule has 0 saturated heterocycles. The summed E-state index contributed by atoms with van der Waals surface area (Å²) in [6, 6.07) is 9.47. The Bertz CT molecular complexity index is 1020. The van der Waals surface area contributed by atoms with Gasteiger partial charge < -0.3 is 10.1 Å². The molecule has 0 fully saturated rings. The number of benzene rings is 2. The molecule has 0 spiro atoms. The Morgan fingerprint density at radius 2 is 2.00 bits per heavy atom. The lowest BCUT2D eigenvalue weighted by Gasteiger charge is -2.11. The van der Waals surface area contributed by atoms with E-state index in [0.717, 1.165) is 17.2 Å². The first-order valence-corrected chi connectivity index (χ1v) is 8.90. The third-order valence-electron chi connectivity index (χ3n) is 3.54. The van der Waals surface area contributed by atoms with Gasteiger partial charge in [0.15, 0.2) is 9.84 Å². The summed E-state index contributed by atoms with van der Waals surface area (Å²) in [5, 5.41) is 10.4. The number of fused-ring (bicyclic) bond motifs is 1. The van der Waals surface area contributed by atoms with Crippen LogP contribution >= 0.6 is 0 Å². The van der Waals surface area contributed by atoms with Crippen molar-refractivity contribution < 1.29 is 17.9 Å². The van der Waals surface area contributed by atoms with Crippen molar-refractivity contribution in [3.8, 4) is 5.75 Å². The first-order chi connectivity index (χ1) is 11.4. The Kier molecular flexibility index (Phi) is 3.98. The van der Waals surface area contributed by atoms with Crippen molar-refractivity contribution in [1.29, 1.82) is 0 Å². The fourth-order valence-corrected chi connectivity index (χ4v) is 2.96. The Morgan fingerprint density at radius 1 is 1.21 bits per heavy atom. The van der Waals surface area contributed by atoms with Crippen molar-refractivity contribution in [3.05, 3.63) is 48.2 Å². The number of nitrogens with zero attached hydrogens (tertiary/aromatic N) is 1. The minimum atomic E-state index is -3.43. The van der Waals surface area contributed by atoms with E-state index in [1.165, 1.54) is 25.3 Å². The van der Waals surface area contributed by atoms with E-state index in [-0.39, 0.29) is 10.5 Å². The molecule has 0 saturated carbocycles. The lowest BCUT2D eigenvalue weighted by molar-refractivity contribution is 0.102. The smallest absolute Gasteiger partial charge is 0.259 e. The van der Waals surface area contributed by atoms with Gasteiger partial charge in [-0.1, -0.05) is 0 Å². The van der Waals surface area contributed by atoms with Gasteiger partial charge in [-0.3, -0.25) is 9.89 Å². The molecule has 0 aliphatic rings. The second-order valence-corrected chi connectivity index (χ2v) is 7.28. The monoisotopic (exact) mass is 345 g/mol. The summed E-state index contributed by atoms with van der Waals surface area (Å²) in [7, 11) is -2.01. The van der Waals surface area contributed by atoms with Gasteiger partial charge in [-0.15, -0.1) is 0 Å². The Morgan fingerprint density at radius 3 is 2.71 bits per heavy atom. The predicted molar refractivity (Wildman–Crippen MR) is 90.2 cm³/mol. The van der Waals surface area contributed by atoms with Crippen LogP contribution < -0.4 is 10.1 Å². The quantitative estimate of drug-likeness (QED) is 0.755. The summed E-state index contributed by atoms with van der Waals surface area (Å²) in [6.45, 7) is 0. The van der Waals surface area contributed by atoms with Gasteiger partial charge >= 0.3 is 0 Å². The number of carbonyl (C=O) groups excluding carboxylic acids is 1. The molecule has 0 atom stereocenters. The molecule has 3 aromatic rings. The zero-order valence-electron chi connectivity index (χ0n) is 13.0. The second kappa shape index (κ2) is 5.97. The molecular weight excluding hydrogens is 330 g/mol. The number of anilines is 1. The van der Waals surface area contributed by atoms with Gasteiger partial charge in [0, 0.05) is 17.3 Å². The highest BCUT2D eigenvalue weighted by atomic mass is 32.2. The topological polar surface area (TPSA) is 101 Å². The summed E-state index contributed by atoms with van der Waals surface area (Å²) in [4.78, 5) is 12.6. The minimum Gasteiger partial charge on any atom is -0.496 e. The average Bonchev–Trinajstić information content (AvgIpc) is 3.01. The van der Waals surface area contributed by atoms with Gasteiger partial charge in [0.05, 0.1) is 29.3 Å². The molecule has 7 nitrogen and oxygen atoms in total. The number of hydrogen-bond acceptors (Lipinski definition) is 5. The normalized spacial score (nSPS) is 11.4. The Balaban J connectivity index is 1.96. The van der Waals surface area contributed by atoms with Crippen molar-refractivity contribution in [2.75, 3.05) is 18.7 Å². The molecule has 0 aliphatic carbocycles. The molecule has 8 heteroatoms. The molecular formula is C16H15N3O4S. The van der Waals surface area contributed by atoms with Gasteiger partial charge in [0.2, 0.25) is 0 Å². The molecule has 2 aromatic carbocycles. The molecule has 0 bridgehead atoms. The lowest BCUT2D eigenvalue weighted by atomic mass is 10.1. The first kappa shape index (κ1) is 16.0. The SMILES string of the molecule is COc1ccc(S(C)(=O)=O)cc1C(=O)Nc1ccc2cn[nH]c2c1. The number of H-pyrrole nitrogens is 1. The number of hydrogen-bond donors (Lipinski definition) is 2. The fourth-order valence-electron chi connectivity index (χ4n) is 2.31. The van der Waals surface area contributed by atoms with Crippen LogP contribution in [0, 0.1) is 0 Å². The molecule has 1 amide bonds. The van der Waals surface area contributed by atoms with Crippen LogP contribution in [0.25, 0.3) is 10.9 Å². The third-order valence-corrected chi connectivity index (χ3v) is 4.65. The van der Waals surface area contributed by atoms with Crippen LogP contribution in [0.5, 0.6) is 5.75 Å². The largest absolute Gasteiger partial charge is 0.496 e. The molecule has 1 aromatic heterocycles. The summed E-state index contributed by atoms with van der Waals surface area (Å²) < 4.78 is 28.6. The number of rotatable bonds is 4. The molecule has 124 valence electrons. The van der Waals surface area contributed by atoms with Gasteiger partial charge in [0.25, 0.3) is 5.91 Å². The number of nitrogens with one attached hydrogen (secondary N) is 2. The highest BCUT2D eigenvalue weighted by molar-refractivity contribution is 7.90. The highest BCUT2D eigenvalue weighted by Gasteiger charge is 2.17. The highest BCUT2D eigenvalue weighted by Crippen LogP contribution is 2.24. The number of amides is 1. The van der Waals surface area contributed by atoms with E-state index in [1.807, 2.05) is 6.07 Å². The first-order valence-electron chi connectivity index (χ1n) is 7.01. The van der Waals surface area contributed by atoms with Gasteiger partial charge in [-0.25, -0.2) is 8.42 Å². The van der Waals surface area contributed by atoms with Crippen molar-refractivity contribution in [2.45, 2.75) is 4.90 Å². The maximum atomic E-state index is 12.5. The van der Waals surface area contributed by atoms with Crippen LogP contribution in [-0.2, 0) is 9.84 Å². The summed E-state index contributed by atoms with van der Waals surface area (Å²) >= 11 is 0. The standard InChI is InChI=1S/C16H15N3O4S/c1-23-15-6-5-12(24(2,21)22)8-13(15)16(20)18-11-4-3-10-9-17-19-14(10)7-11/h3-9H,1-2H3,(H,17,19)(H,18,20). The van der Waals surface area contributed by atoms with Crippen molar-refractivity contribution in [1.82, 2.24) is 10.2 Å². The van der Waals surface area contributed by atoms with E-state index in [2.05, 4.69) is 15.5 Å². The number of ether oxygens (including phenoxy) is 1. The molecule has 24 heavy (non-hydrogen) atoms. The summed E-state index contributed by atoms with van der Waals surface area (Å²) in [6.07, 6.45) is 2.77. The van der Waals surface area contributed by atoms with E-state index < -0.39 is 15.7 Å². The van der Waals surface area contributed by atoms with Gasteiger partial charge in [-0.05, 0) is 36.4 Å². The Hall–Kier alpha value is -2.87. The predicted octanol–water partition coefficient (Wildman–Crippen LogP) is 2.23. The fraction of sp³-hybridized carbons (Fsp3) is 0.125. The average molecular weight is 345 g/mol. The van der Waals surface area contributed by atoms with Gasteiger partial charge in [0.1, 0.15) is 5.75 Å². The molecule has 1 heterocycles. The summed E-state index contributed by atoms with van der Waals surface area (Å²) in [5.74, 6) is -0.168. The minimum absolute atomic E-state index is 0.0532. The van der Waals surface area contributed by atoms with Crippen LogP contribution in [0.1, 0.15) is 10.4 Å². The zero-order chi connectivity index (χ0) is 17.3. The van der Waals surface area contributed by atoms with Gasteiger partial charge in [-0.2, -0.15) is 5.10 Å². The van der Waals surface area contributed by atoms with Crippen molar-refractivity contribution >= 4 is 32.3 Å². The van der Waals surface area contributed by atoms with E-state index in [4.69, 9.17) is 4.74 Å². The molecule has 0 aliphatic heterocycles. The number of methoxy groups -OCH3 is 1. The molecule has 0 unspecified atom stereocenters. The van der Waals surface area contributed by atoms with E-state index in [9.17, 15) is 13.2 Å². The van der Waals surface area contributed by atoms with E-state index >= 15 is 0 Å². The third kappa shape index (κ3) is 3.09. The number of sulfone groups is 1. The lowest BCUT2D eigenvalue weighted by Crippen LogP contribution is -2.14. The second-order valence-electron chi connectivity index (χ2n) is 5.26. The van der Waals surface area contributed by atoms with Crippen molar-refractivity contribution in [2.24, 2.45) is 0 Å². The van der Waals surface area contributed by atoms with Crippen LogP contribution in [-0.4, -0.2) is 37.9 Å². The number of aromatic nitrogens is 2. The molecule has 2 N–H and O–H groups in total. The van der Waals surface area contributed by atoms with E-state index in [1.54, 1.807) is 18.3 Å². The molecule has 3 rings (SSSR count). The van der Waals surface area contributed by atoms with Crippen molar-refractivity contribution in [3.63, 3.8) is 0 Å². The summed E-state index contributed by atoms with van der Waals surface area (Å²) in [5.41, 5.74) is 1.48. The van der Waals surface area contributed by atoms with Crippen LogP contribution in [0.15, 0.2) is 47.5 Å². The van der Waals surface area contributed by atoms with Crippen LogP contribution in [0.2, 0.25) is 0 Å². The molecule has 0 radical (unpaired) electrons. The zero-order valence-corrected chi connectivity index (χ0v) is 13.8. The van der Waals surface area contributed by atoms with Crippen LogP contribution in [0.3, 0.4) is 0 Å². The van der Waals surface area contributed by atoms with E-state index in [0.29, 0.717) is 11.4 Å². The number of carbonyl (C=O) groups is 1. The number of aromatic amines is 1. The maximum Gasteiger partial charge on any atom is 0.259 e.